The molecule has 14 heavy (non-hydrogen) atoms. The van der Waals surface area contributed by atoms with Gasteiger partial charge in [0.1, 0.15) is 0 Å². The first kappa shape index (κ1) is 13.6. The second-order valence-electron chi connectivity index (χ2n) is 3.46. The van der Waals surface area contributed by atoms with Crippen LogP contribution in [0.3, 0.4) is 0 Å². The Kier molecular flexibility index (Phi) is 10.4. The van der Waals surface area contributed by atoms with Gasteiger partial charge >= 0.3 is 0 Å². The highest BCUT2D eigenvalue weighted by molar-refractivity contribution is 7.80. The summed E-state index contributed by atoms with van der Waals surface area (Å²) in [7, 11) is 0. The van der Waals surface area contributed by atoms with Crippen molar-refractivity contribution in [2.75, 3.05) is 6.61 Å². The van der Waals surface area contributed by atoms with E-state index < -0.39 is 0 Å². The third kappa shape index (κ3) is 9.72. The molecule has 0 saturated heterocycles. The average Bonchev–Trinajstić information content (AvgIpc) is 2.18. The summed E-state index contributed by atoms with van der Waals surface area (Å²) in [6.07, 6.45) is 10.1. The Labute approximate surface area is 93.5 Å². The summed E-state index contributed by atoms with van der Waals surface area (Å²) < 4.78 is 5.35. The van der Waals surface area contributed by atoms with E-state index in [9.17, 15) is 0 Å². The standard InChI is InChI=1S/C12H22OS/c1-3-5-7-8-9-10-12(14)13-11-6-4-2/h4H,2-3,5-11H2,1H3. The fourth-order valence-electron chi connectivity index (χ4n) is 1.20. The number of hydrogen-bond acceptors (Lipinski definition) is 2. The maximum absolute atomic E-state index is 5.35. The molecule has 0 N–H and O–H groups in total. The lowest BCUT2D eigenvalue weighted by molar-refractivity contribution is 0.310. The zero-order valence-electron chi connectivity index (χ0n) is 9.26. The smallest absolute Gasteiger partial charge is 0.159 e. The number of unbranched alkanes of at least 4 members (excludes halogenated alkanes) is 4. The summed E-state index contributed by atoms with van der Waals surface area (Å²) in [4.78, 5) is 0. The van der Waals surface area contributed by atoms with Crippen LogP contribution in [0.25, 0.3) is 0 Å². The van der Waals surface area contributed by atoms with E-state index in [0.29, 0.717) is 6.61 Å². The summed E-state index contributed by atoms with van der Waals surface area (Å²) >= 11 is 5.09. The average molecular weight is 214 g/mol. The quantitative estimate of drug-likeness (QED) is 0.322. The minimum absolute atomic E-state index is 0.692. The predicted molar refractivity (Wildman–Crippen MR) is 66.7 cm³/mol. The molecule has 0 aliphatic heterocycles. The molecule has 0 aromatic heterocycles. The van der Waals surface area contributed by atoms with Gasteiger partial charge < -0.3 is 4.74 Å². The Morgan fingerprint density at radius 1 is 1.29 bits per heavy atom. The lowest BCUT2D eigenvalue weighted by Gasteiger charge is -2.05. The van der Waals surface area contributed by atoms with E-state index >= 15 is 0 Å². The van der Waals surface area contributed by atoms with Crippen molar-refractivity contribution in [1.29, 1.82) is 0 Å². The molecule has 0 aliphatic carbocycles. The van der Waals surface area contributed by atoms with E-state index in [1.165, 1.54) is 32.1 Å². The Morgan fingerprint density at radius 3 is 2.64 bits per heavy atom. The molecule has 82 valence electrons. The Balaban J connectivity index is 3.14. The van der Waals surface area contributed by atoms with Gasteiger partial charge in [0.05, 0.1) is 6.61 Å². The molecule has 0 heterocycles. The van der Waals surface area contributed by atoms with Crippen molar-refractivity contribution in [2.24, 2.45) is 0 Å². The molecule has 0 saturated carbocycles. The molecule has 0 bridgehead atoms. The second-order valence-corrected chi connectivity index (χ2v) is 3.92. The number of hydrogen-bond donors (Lipinski definition) is 0. The van der Waals surface area contributed by atoms with Crippen molar-refractivity contribution in [3.05, 3.63) is 12.7 Å². The maximum Gasteiger partial charge on any atom is 0.159 e. The van der Waals surface area contributed by atoms with Crippen molar-refractivity contribution >= 4 is 17.3 Å². The fraction of sp³-hybridized carbons (Fsp3) is 0.750. The summed E-state index contributed by atoms with van der Waals surface area (Å²) in [5, 5.41) is 0.767. The minimum Gasteiger partial charge on any atom is -0.487 e. The highest BCUT2D eigenvalue weighted by Crippen LogP contribution is 2.06. The summed E-state index contributed by atoms with van der Waals surface area (Å²) in [5.74, 6) is 0. The van der Waals surface area contributed by atoms with Crippen LogP contribution < -0.4 is 0 Å². The van der Waals surface area contributed by atoms with Crippen molar-refractivity contribution in [3.63, 3.8) is 0 Å². The van der Waals surface area contributed by atoms with Gasteiger partial charge in [-0.2, -0.15) is 0 Å². The molecule has 0 rings (SSSR count). The summed E-state index contributed by atoms with van der Waals surface area (Å²) in [6.45, 7) is 6.55. The first-order chi connectivity index (χ1) is 6.81. The normalized spacial score (nSPS) is 9.79. The lowest BCUT2D eigenvalue weighted by atomic mass is 10.1. The van der Waals surface area contributed by atoms with Gasteiger partial charge in [0.2, 0.25) is 0 Å². The molecule has 0 atom stereocenters. The zero-order chi connectivity index (χ0) is 10.6. The molecule has 0 aromatic carbocycles. The molecule has 0 radical (unpaired) electrons. The van der Waals surface area contributed by atoms with Crippen LogP contribution in [-0.2, 0) is 4.74 Å². The van der Waals surface area contributed by atoms with Gasteiger partial charge in [-0.1, -0.05) is 38.7 Å². The first-order valence-electron chi connectivity index (χ1n) is 5.57. The van der Waals surface area contributed by atoms with Crippen LogP contribution in [0.5, 0.6) is 0 Å². The largest absolute Gasteiger partial charge is 0.487 e. The third-order valence-electron chi connectivity index (χ3n) is 2.07. The van der Waals surface area contributed by atoms with E-state index in [-0.39, 0.29) is 0 Å². The SMILES string of the molecule is C=CCCOC(=S)CCCCCCC. The van der Waals surface area contributed by atoms with E-state index in [1.807, 2.05) is 6.08 Å². The zero-order valence-corrected chi connectivity index (χ0v) is 10.1. The van der Waals surface area contributed by atoms with Crippen LogP contribution in [0.2, 0.25) is 0 Å². The molecule has 2 heteroatoms. The van der Waals surface area contributed by atoms with Crippen LogP contribution in [0.1, 0.15) is 51.9 Å². The van der Waals surface area contributed by atoms with Gasteiger partial charge in [-0.25, -0.2) is 0 Å². The summed E-state index contributed by atoms with van der Waals surface area (Å²) in [5.41, 5.74) is 0. The molecule has 0 aromatic rings. The highest BCUT2D eigenvalue weighted by Gasteiger charge is 1.96. The van der Waals surface area contributed by atoms with Crippen molar-refractivity contribution in [1.82, 2.24) is 0 Å². The van der Waals surface area contributed by atoms with Gasteiger partial charge in [-0.15, -0.1) is 6.58 Å². The van der Waals surface area contributed by atoms with Gasteiger partial charge in [0, 0.05) is 6.42 Å². The number of thiocarbonyl (C=S) groups is 1. The van der Waals surface area contributed by atoms with Crippen molar-refractivity contribution in [2.45, 2.75) is 51.9 Å². The molecule has 0 amide bonds. The maximum atomic E-state index is 5.35. The monoisotopic (exact) mass is 214 g/mol. The number of ether oxygens (including phenoxy) is 1. The molecule has 0 spiro atoms. The fourth-order valence-corrected chi connectivity index (χ4v) is 1.43. The molecule has 0 unspecified atom stereocenters. The minimum atomic E-state index is 0.692. The third-order valence-corrected chi connectivity index (χ3v) is 2.39. The van der Waals surface area contributed by atoms with Gasteiger partial charge in [-0.3, -0.25) is 0 Å². The van der Waals surface area contributed by atoms with Gasteiger partial charge in [-0.05, 0) is 25.1 Å². The van der Waals surface area contributed by atoms with E-state index in [4.69, 9.17) is 17.0 Å². The van der Waals surface area contributed by atoms with Gasteiger partial charge in [0.15, 0.2) is 5.05 Å². The molecular formula is C12H22OS. The molecule has 0 aliphatic rings. The number of rotatable bonds is 9. The Bertz CT molecular complexity index is 154. The van der Waals surface area contributed by atoms with E-state index in [0.717, 1.165) is 17.9 Å². The van der Waals surface area contributed by atoms with E-state index in [2.05, 4.69) is 13.5 Å². The summed E-state index contributed by atoms with van der Waals surface area (Å²) in [6, 6.07) is 0. The Morgan fingerprint density at radius 2 is 2.00 bits per heavy atom. The van der Waals surface area contributed by atoms with Crippen LogP contribution in [0.15, 0.2) is 12.7 Å². The topological polar surface area (TPSA) is 9.23 Å². The second kappa shape index (κ2) is 10.7. The molecule has 0 fully saturated rings. The predicted octanol–water partition coefficient (Wildman–Crippen LogP) is 4.27. The van der Waals surface area contributed by atoms with Crippen LogP contribution in [0, 0.1) is 0 Å². The van der Waals surface area contributed by atoms with Crippen molar-refractivity contribution < 1.29 is 4.74 Å². The Hall–Kier alpha value is -0.370. The van der Waals surface area contributed by atoms with Crippen LogP contribution >= 0.6 is 12.2 Å². The molecule has 1 nitrogen and oxygen atoms in total. The van der Waals surface area contributed by atoms with Crippen LogP contribution in [0.4, 0.5) is 0 Å². The van der Waals surface area contributed by atoms with Crippen molar-refractivity contribution in [3.8, 4) is 0 Å². The first-order valence-corrected chi connectivity index (χ1v) is 5.98. The van der Waals surface area contributed by atoms with E-state index in [1.54, 1.807) is 0 Å². The highest BCUT2D eigenvalue weighted by atomic mass is 32.1. The van der Waals surface area contributed by atoms with Crippen LogP contribution in [-0.4, -0.2) is 11.7 Å². The lowest BCUT2D eigenvalue weighted by Crippen LogP contribution is -2.02. The molecular weight excluding hydrogens is 192 g/mol. The van der Waals surface area contributed by atoms with Gasteiger partial charge in [0.25, 0.3) is 0 Å².